The van der Waals surface area contributed by atoms with E-state index in [9.17, 15) is 14.4 Å². The molecule has 6 heteroatoms. The highest BCUT2D eigenvalue weighted by Crippen LogP contribution is 2.28. The Bertz CT molecular complexity index is 500. The van der Waals surface area contributed by atoms with E-state index >= 15 is 0 Å². The number of benzene rings is 1. The van der Waals surface area contributed by atoms with Gasteiger partial charge in [-0.3, -0.25) is 0 Å². The molecule has 0 bridgehead atoms. The zero-order valence-corrected chi connectivity index (χ0v) is 8.88. The molecule has 17 heavy (non-hydrogen) atoms. The molecule has 0 aliphatic rings. The molecule has 0 fully saturated rings. The normalized spacial score (nSPS) is 12.3. The Morgan fingerprint density at radius 3 is 1.65 bits per heavy atom. The standard InChI is InChI=1S/C11H7N3O3/c1-9-2-4-10(5-3-9)11(12-6-15,13-7-16)14-8-17/h2-5H,1H3. The van der Waals surface area contributed by atoms with Crippen LogP contribution >= 0.6 is 0 Å². The lowest BCUT2D eigenvalue weighted by Crippen LogP contribution is -2.17. The van der Waals surface area contributed by atoms with E-state index in [1.54, 1.807) is 12.1 Å². The quantitative estimate of drug-likeness (QED) is 0.572. The van der Waals surface area contributed by atoms with Crippen LogP contribution in [-0.2, 0) is 20.2 Å². The number of hydrogen-bond acceptors (Lipinski definition) is 6. The van der Waals surface area contributed by atoms with Gasteiger partial charge in [-0.1, -0.05) is 29.8 Å². The van der Waals surface area contributed by atoms with Crippen LogP contribution in [0, 0.1) is 6.92 Å². The predicted octanol–water partition coefficient (Wildman–Crippen LogP) is 1.11. The SMILES string of the molecule is Cc1ccc(C(N=C=O)(N=C=O)N=C=O)cc1. The fourth-order valence-corrected chi connectivity index (χ4v) is 1.24. The zero-order valence-electron chi connectivity index (χ0n) is 8.88. The first-order valence-electron chi connectivity index (χ1n) is 4.53. The van der Waals surface area contributed by atoms with Crippen molar-refractivity contribution in [2.45, 2.75) is 12.7 Å². The Morgan fingerprint density at radius 2 is 1.29 bits per heavy atom. The van der Waals surface area contributed by atoms with Crippen LogP contribution in [0.4, 0.5) is 0 Å². The maximum absolute atomic E-state index is 10.3. The van der Waals surface area contributed by atoms with E-state index in [4.69, 9.17) is 0 Å². The fourth-order valence-electron chi connectivity index (χ4n) is 1.24. The van der Waals surface area contributed by atoms with Gasteiger partial charge in [0.1, 0.15) is 0 Å². The number of nitrogens with zero attached hydrogens (tertiary/aromatic N) is 3. The van der Waals surface area contributed by atoms with Gasteiger partial charge in [0.25, 0.3) is 0 Å². The lowest BCUT2D eigenvalue weighted by Gasteiger charge is -2.15. The largest absolute Gasteiger partial charge is 0.303 e. The molecule has 1 rings (SSSR count). The van der Waals surface area contributed by atoms with E-state index in [1.807, 2.05) is 6.92 Å². The maximum atomic E-state index is 10.3. The van der Waals surface area contributed by atoms with Crippen molar-refractivity contribution in [1.82, 2.24) is 0 Å². The maximum Gasteiger partial charge on any atom is 0.303 e. The number of carbonyl (C=O) groups excluding carboxylic acids is 3. The van der Waals surface area contributed by atoms with E-state index in [-0.39, 0.29) is 5.56 Å². The van der Waals surface area contributed by atoms with Crippen LogP contribution in [0.1, 0.15) is 11.1 Å². The molecule has 0 saturated carbocycles. The number of hydrogen-bond donors (Lipinski definition) is 0. The van der Waals surface area contributed by atoms with Gasteiger partial charge in [-0.15, -0.1) is 15.0 Å². The van der Waals surface area contributed by atoms with Gasteiger partial charge in [-0.05, 0) is 6.92 Å². The Labute approximate surface area is 96.4 Å². The van der Waals surface area contributed by atoms with Gasteiger partial charge in [-0.25, -0.2) is 14.4 Å². The first-order chi connectivity index (χ1) is 8.18. The molecule has 0 N–H and O–H groups in total. The molecule has 0 spiro atoms. The van der Waals surface area contributed by atoms with Crippen LogP contribution < -0.4 is 0 Å². The van der Waals surface area contributed by atoms with E-state index in [0.717, 1.165) is 5.56 Å². The summed E-state index contributed by atoms with van der Waals surface area (Å²) in [4.78, 5) is 40.8. The summed E-state index contributed by atoms with van der Waals surface area (Å²) in [6, 6.07) is 6.48. The van der Waals surface area contributed by atoms with Crippen molar-refractivity contribution < 1.29 is 14.4 Å². The Kier molecular flexibility index (Phi) is 3.98. The number of aryl methyl sites for hydroxylation is 1. The molecular formula is C11H7N3O3. The highest BCUT2D eigenvalue weighted by atomic mass is 16.1. The highest BCUT2D eigenvalue weighted by Gasteiger charge is 2.31. The molecule has 0 aliphatic carbocycles. The van der Waals surface area contributed by atoms with Gasteiger partial charge in [-0.2, -0.15) is 0 Å². The van der Waals surface area contributed by atoms with Gasteiger partial charge >= 0.3 is 5.79 Å². The summed E-state index contributed by atoms with van der Waals surface area (Å²) in [5.41, 5.74) is 1.22. The smallest absolute Gasteiger partial charge is 0.211 e. The van der Waals surface area contributed by atoms with Crippen LogP contribution in [0.2, 0.25) is 0 Å². The molecule has 0 amide bonds. The third-order valence-corrected chi connectivity index (χ3v) is 2.04. The van der Waals surface area contributed by atoms with E-state index in [1.165, 1.54) is 30.4 Å². The molecule has 0 unspecified atom stereocenters. The van der Waals surface area contributed by atoms with Gasteiger partial charge in [0.15, 0.2) is 0 Å². The minimum atomic E-state index is -1.96. The first-order valence-corrected chi connectivity index (χ1v) is 4.53. The topological polar surface area (TPSA) is 88.3 Å². The fraction of sp³-hybridized carbons (Fsp3) is 0.182. The molecule has 0 heterocycles. The summed E-state index contributed by atoms with van der Waals surface area (Å²) < 4.78 is 0. The summed E-state index contributed by atoms with van der Waals surface area (Å²) >= 11 is 0. The molecule has 0 aliphatic heterocycles. The molecule has 1 aromatic carbocycles. The van der Waals surface area contributed by atoms with Crippen molar-refractivity contribution in [2.24, 2.45) is 15.0 Å². The average molecular weight is 229 g/mol. The average Bonchev–Trinajstić information content (AvgIpc) is 2.30. The van der Waals surface area contributed by atoms with Crippen molar-refractivity contribution in [1.29, 1.82) is 0 Å². The van der Waals surface area contributed by atoms with E-state index < -0.39 is 5.79 Å². The summed E-state index contributed by atoms with van der Waals surface area (Å²) in [6.07, 6.45) is 3.66. The molecular weight excluding hydrogens is 222 g/mol. The Balaban J connectivity index is 3.50. The minimum Gasteiger partial charge on any atom is -0.211 e. The minimum absolute atomic E-state index is 0.276. The zero-order chi connectivity index (χ0) is 12.7. The van der Waals surface area contributed by atoms with Crippen LogP contribution in [0.3, 0.4) is 0 Å². The second-order valence-electron chi connectivity index (χ2n) is 3.11. The van der Waals surface area contributed by atoms with E-state index in [2.05, 4.69) is 15.0 Å². The lowest BCUT2D eigenvalue weighted by molar-refractivity contribution is 0.466. The van der Waals surface area contributed by atoms with Crippen LogP contribution in [0.5, 0.6) is 0 Å². The molecule has 0 atom stereocenters. The third kappa shape index (κ3) is 2.68. The number of aliphatic imine (C=N–C) groups is 3. The van der Waals surface area contributed by atoms with Crippen LogP contribution in [0.25, 0.3) is 0 Å². The Hall–Kier alpha value is -2.64. The molecule has 0 radical (unpaired) electrons. The highest BCUT2D eigenvalue weighted by molar-refractivity contribution is 5.46. The molecule has 1 aromatic rings. The molecule has 0 aromatic heterocycles. The first kappa shape index (κ1) is 12.4. The van der Waals surface area contributed by atoms with Crippen molar-refractivity contribution >= 4 is 18.2 Å². The van der Waals surface area contributed by atoms with Gasteiger partial charge in [0, 0.05) is 5.56 Å². The van der Waals surface area contributed by atoms with Gasteiger partial charge in [0.2, 0.25) is 18.2 Å². The van der Waals surface area contributed by atoms with Crippen molar-refractivity contribution in [3.05, 3.63) is 35.4 Å². The van der Waals surface area contributed by atoms with E-state index in [0.29, 0.717) is 0 Å². The monoisotopic (exact) mass is 229 g/mol. The molecule has 84 valence electrons. The van der Waals surface area contributed by atoms with Crippen LogP contribution in [0.15, 0.2) is 39.2 Å². The van der Waals surface area contributed by atoms with Crippen LogP contribution in [-0.4, -0.2) is 18.2 Å². The Morgan fingerprint density at radius 1 is 0.882 bits per heavy atom. The summed E-state index contributed by atoms with van der Waals surface area (Å²) in [7, 11) is 0. The number of isocyanates is 3. The summed E-state index contributed by atoms with van der Waals surface area (Å²) in [5.74, 6) is -1.96. The summed E-state index contributed by atoms with van der Waals surface area (Å²) in [5, 5.41) is 0. The van der Waals surface area contributed by atoms with Crippen molar-refractivity contribution in [3.8, 4) is 0 Å². The summed E-state index contributed by atoms with van der Waals surface area (Å²) in [6.45, 7) is 1.85. The van der Waals surface area contributed by atoms with Crippen molar-refractivity contribution in [2.75, 3.05) is 0 Å². The lowest BCUT2D eigenvalue weighted by atomic mass is 10.1. The van der Waals surface area contributed by atoms with Crippen molar-refractivity contribution in [3.63, 3.8) is 0 Å². The third-order valence-electron chi connectivity index (χ3n) is 2.04. The second-order valence-corrected chi connectivity index (χ2v) is 3.11. The van der Waals surface area contributed by atoms with Gasteiger partial charge in [0.05, 0.1) is 0 Å². The second kappa shape index (κ2) is 5.45. The molecule has 0 saturated heterocycles. The van der Waals surface area contributed by atoms with Gasteiger partial charge < -0.3 is 0 Å². The molecule has 6 nitrogen and oxygen atoms in total. The number of rotatable bonds is 4. The predicted molar refractivity (Wildman–Crippen MR) is 57.2 cm³/mol.